The number of hydrogen-bond donors (Lipinski definition) is 1. The van der Waals surface area contributed by atoms with Crippen molar-refractivity contribution < 1.29 is 19.1 Å². The van der Waals surface area contributed by atoms with Gasteiger partial charge in [-0.2, -0.15) is 5.26 Å². The molecule has 0 fully saturated rings. The Morgan fingerprint density at radius 2 is 2.12 bits per heavy atom. The largest absolute Gasteiger partial charge is 0.480 e. The van der Waals surface area contributed by atoms with Gasteiger partial charge in [0, 0.05) is 6.04 Å². The number of nitriles is 1. The third-order valence-electron chi connectivity index (χ3n) is 3.16. The van der Waals surface area contributed by atoms with Crippen molar-refractivity contribution in [1.29, 1.82) is 5.26 Å². The van der Waals surface area contributed by atoms with Crippen LogP contribution < -0.4 is 10.1 Å². The Labute approximate surface area is 161 Å². The monoisotopic (exact) mass is 420 g/mol. The second-order valence-electron chi connectivity index (χ2n) is 5.65. The summed E-state index contributed by atoms with van der Waals surface area (Å²) in [5.74, 6) is -0.449. The van der Waals surface area contributed by atoms with E-state index in [9.17, 15) is 14.9 Å². The van der Waals surface area contributed by atoms with Gasteiger partial charge in [0.15, 0.2) is 6.61 Å². The summed E-state index contributed by atoms with van der Waals surface area (Å²) in [7, 11) is 1.28. The van der Waals surface area contributed by atoms with Crippen LogP contribution in [0.1, 0.15) is 25.0 Å². The minimum Gasteiger partial charge on any atom is -0.480 e. The lowest BCUT2D eigenvalue weighted by Gasteiger charge is -2.13. The lowest BCUT2D eigenvalue weighted by molar-refractivity contribution is -0.142. The minimum atomic E-state index is -0.498. The molecule has 0 aliphatic carbocycles. The van der Waals surface area contributed by atoms with Crippen LogP contribution in [0.5, 0.6) is 5.75 Å². The maximum Gasteiger partial charge on any atom is 0.343 e. The highest BCUT2D eigenvalue weighted by atomic mass is 79.9. The lowest BCUT2D eigenvalue weighted by Crippen LogP contribution is -2.30. The summed E-state index contributed by atoms with van der Waals surface area (Å²) >= 11 is 3.41. The molecule has 138 valence electrons. The van der Waals surface area contributed by atoms with Crippen molar-refractivity contribution in [2.75, 3.05) is 13.7 Å². The number of carbonyl (C=O) groups is 2. The van der Waals surface area contributed by atoms with Crippen molar-refractivity contribution >= 4 is 33.9 Å². The van der Waals surface area contributed by atoms with Crippen LogP contribution >= 0.6 is 15.9 Å². The topological polar surface area (TPSA) is 88.4 Å². The molecule has 0 aliphatic rings. The summed E-state index contributed by atoms with van der Waals surface area (Å²) in [6, 6.07) is 5.32. The molecule has 0 saturated heterocycles. The first kappa shape index (κ1) is 21.5. The molecule has 0 unspecified atom stereocenters. The van der Waals surface area contributed by atoms with Gasteiger partial charge in [0.05, 0.1) is 11.6 Å². The SMILES string of the molecule is C=CCc1cc(/C=C(/C#N)C(=O)NC(C)C)cc(Br)c1OCC(=O)OC. The first-order valence-electron chi connectivity index (χ1n) is 7.88. The van der Waals surface area contributed by atoms with E-state index < -0.39 is 11.9 Å². The van der Waals surface area contributed by atoms with E-state index in [0.717, 1.165) is 5.56 Å². The molecule has 7 heteroatoms. The molecule has 0 radical (unpaired) electrons. The molecule has 1 N–H and O–H groups in total. The van der Waals surface area contributed by atoms with Crippen LogP contribution in [0.3, 0.4) is 0 Å². The van der Waals surface area contributed by atoms with Crippen LogP contribution in [-0.4, -0.2) is 31.6 Å². The molecular formula is C19H21BrN2O4. The Morgan fingerprint density at radius 3 is 2.65 bits per heavy atom. The van der Waals surface area contributed by atoms with E-state index in [4.69, 9.17) is 4.74 Å². The number of methoxy groups -OCH3 is 1. The zero-order chi connectivity index (χ0) is 19.7. The first-order valence-corrected chi connectivity index (χ1v) is 8.67. The summed E-state index contributed by atoms with van der Waals surface area (Å²) in [4.78, 5) is 23.4. The quantitative estimate of drug-likeness (QED) is 0.302. The fourth-order valence-electron chi connectivity index (χ4n) is 2.07. The van der Waals surface area contributed by atoms with E-state index in [1.165, 1.54) is 13.2 Å². The van der Waals surface area contributed by atoms with Crippen LogP contribution in [0.2, 0.25) is 0 Å². The van der Waals surface area contributed by atoms with Crippen molar-refractivity contribution in [3.8, 4) is 11.8 Å². The summed E-state index contributed by atoms with van der Waals surface area (Å²) in [5, 5.41) is 11.9. The van der Waals surface area contributed by atoms with Crippen LogP contribution in [0.15, 0.2) is 34.8 Å². The zero-order valence-corrected chi connectivity index (χ0v) is 16.6. The fourth-order valence-corrected chi connectivity index (χ4v) is 2.70. The molecule has 1 aromatic rings. The van der Waals surface area contributed by atoms with Gasteiger partial charge in [-0.1, -0.05) is 6.08 Å². The van der Waals surface area contributed by atoms with E-state index >= 15 is 0 Å². The molecule has 0 atom stereocenters. The molecule has 1 aromatic carbocycles. The molecule has 0 bridgehead atoms. The van der Waals surface area contributed by atoms with Gasteiger partial charge in [-0.05, 0) is 65.5 Å². The lowest BCUT2D eigenvalue weighted by atomic mass is 10.0. The molecule has 0 saturated carbocycles. The van der Waals surface area contributed by atoms with Gasteiger partial charge in [0.25, 0.3) is 5.91 Å². The number of amides is 1. The Hall–Kier alpha value is -2.59. The summed E-state index contributed by atoms with van der Waals surface area (Å²) in [6.07, 6.45) is 3.67. The van der Waals surface area contributed by atoms with Crippen LogP contribution in [0.4, 0.5) is 0 Å². The summed E-state index contributed by atoms with van der Waals surface area (Å²) < 4.78 is 10.7. The average molecular weight is 421 g/mol. The molecule has 1 amide bonds. The van der Waals surface area contributed by atoms with Gasteiger partial charge in [-0.15, -0.1) is 6.58 Å². The van der Waals surface area contributed by atoms with Gasteiger partial charge < -0.3 is 14.8 Å². The Balaban J connectivity index is 3.23. The molecule has 6 nitrogen and oxygen atoms in total. The molecular weight excluding hydrogens is 400 g/mol. The van der Waals surface area contributed by atoms with Crippen molar-refractivity contribution in [3.63, 3.8) is 0 Å². The Kier molecular flexibility index (Phi) is 8.59. The first-order chi connectivity index (χ1) is 12.3. The van der Waals surface area contributed by atoms with Gasteiger partial charge in [0.1, 0.15) is 17.4 Å². The highest BCUT2D eigenvalue weighted by molar-refractivity contribution is 9.10. The molecule has 0 aliphatic heterocycles. The maximum atomic E-state index is 12.1. The predicted molar refractivity (Wildman–Crippen MR) is 102 cm³/mol. The third kappa shape index (κ3) is 6.37. The standard InChI is InChI=1S/C19H21BrN2O4/c1-5-6-14-7-13(8-15(10-21)19(24)22-12(2)3)9-16(20)18(14)26-11-17(23)25-4/h5,7-9,12H,1,6,11H2,2-4H3,(H,22,24)/b15-8-. The van der Waals surface area contributed by atoms with Crippen LogP contribution in [0, 0.1) is 11.3 Å². The minimum absolute atomic E-state index is 0.00150. The number of rotatable bonds is 8. The van der Waals surface area contributed by atoms with E-state index in [1.54, 1.807) is 18.2 Å². The van der Waals surface area contributed by atoms with E-state index in [1.807, 2.05) is 19.9 Å². The molecule has 0 heterocycles. The van der Waals surface area contributed by atoms with Crippen molar-refractivity contribution in [1.82, 2.24) is 5.32 Å². The van der Waals surface area contributed by atoms with Crippen LogP contribution in [0.25, 0.3) is 6.08 Å². The van der Waals surface area contributed by atoms with Crippen molar-refractivity contribution in [2.45, 2.75) is 26.3 Å². The van der Waals surface area contributed by atoms with Crippen LogP contribution in [-0.2, 0) is 20.7 Å². The summed E-state index contributed by atoms with van der Waals surface area (Å²) in [5.41, 5.74) is 1.40. The van der Waals surface area contributed by atoms with Gasteiger partial charge in [0.2, 0.25) is 0 Å². The highest BCUT2D eigenvalue weighted by Crippen LogP contribution is 2.32. The fraction of sp³-hybridized carbons (Fsp3) is 0.316. The van der Waals surface area contributed by atoms with Gasteiger partial charge >= 0.3 is 5.97 Å². The van der Waals surface area contributed by atoms with Crippen molar-refractivity contribution in [2.24, 2.45) is 0 Å². The number of hydrogen-bond acceptors (Lipinski definition) is 5. The summed E-state index contributed by atoms with van der Waals surface area (Å²) in [6.45, 7) is 7.12. The normalized spacial score (nSPS) is 10.8. The molecule has 0 aromatic heterocycles. The molecule has 0 spiro atoms. The zero-order valence-electron chi connectivity index (χ0n) is 15.0. The number of allylic oxidation sites excluding steroid dienone is 1. The molecule has 26 heavy (non-hydrogen) atoms. The smallest absolute Gasteiger partial charge is 0.343 e. The number of nitrogens with zero attached hydrogens (tertiary/aromatic N) is 1. The van der Waals surface area contributed by atoms with Gasteiger partial charge in [-0.3, -0.25) is 4.79 Å². The maximum absolute atomic E-state index is 12.1. The highest BCUT2D eigenvalue weighted by Gasteiger charge is 2.14. The number of halogens is 1. The number of ether oxygens (including phenoxy) is 2. The van der Waals surface area contributed by atoms with E-state index in [0.29, 0.717) is 22.2 Å². The number of nitrogens with one attached hydrogen (secondary N) is 1. The number of benzene rings is 1. The van der Waals surface area contributed by atoms with Gasteiger partial charge in [-0.25, -0.2) is 4.79 Å². The van der Waals surface area contributed by atoms with Crippen molar-refractivity contribution in [3.05, 3.63) is 46.0 Å². The average Bonchev–Trinajstić information content (AvgIpc) is 2.58. The number of esters is 1. The molecule has 1 rings (SSSR count). The second kappa shape index (κ2) is 10.4. The Morgan fingerprint density at radius 1 is 1.42 bits per heavy atom. The third-order valence-corrected chi connectivity index (χ3v) is 3.75. The van der Waals surface area contributed by atoms with E-state index in [-0.39, 0.29) is 18.2 Å². The Bertz CT molecular complexity index is 764. The predicted octanol–water partition coefficient (Wildman–Crippen LogP) is 3.16. The van der Waals surface area contributed by atoms with E-state index in [2.05, 4.69) is 32.6 Å². The second-order valence-corrected chi connectivity index (χ2v) is 6.50. The number of carbonyl (C=O) groups excluding carboxylic acids is 2.